The first kappa shape index (κ1) is 24.7. The zero-order chi connectivity index (χ0) is 25.4. The standard InChI is InChI=1S/C28H35NO7/c1-33-24-11-20(4-5-23(24)30)25-21(26(31)34-2)15-29(16-22(25)27(32)35-3)6-7-36-28-12-17-8-18(13-28)10-19(9-17)14-28/h4-5,11,15-19,25,30H,6-10,12-14H2,1-3H3. The molecule has 1 aromatic rings. The summed E-state index contributed by atoms with van der Waals surface area (Å²) >= 11 is 0. The maximum absolute atomic E-state index is 12.9. The number of phenolic OH excluding ortho intramolecular Hbond substituents is 1. The van der Waals surface area contributed by atoms with Gasteiger partial charge in [0, 0.05) is 18.9 Å². The third kappa shape index (κ3) is 4.59. The number of nitrogens with zero attached hydrogens (tertiary/aromatic N) is 1. The van der Waals surface area contributed by atoms with E-state index in [9.17, 15) is 14.7 Å². The molecular weight excluding hydrogens is 462 g/mol. The van der Waals surface area contributed by atoms with Crippen LogP contribution in [0.1, 0.15) is 50.0 Å². The van der Waals surface area contributed by atoms with Crippen molar-refractivity contribution in [3.63, 3.8) is 0 Å². The summed E-state index contributed by atoms with van der Waals surface area (Å²) in [5.41, 5.74) is 1.17. The van der Waals surface area contributed by atoms with E-state index in [2.05, 4.69) is 0 Å². The number of hydrogen-bond donors (Lipinski definition) is 1. The van der Waals surface area contributed by atoms with Crippen molar-refractivity contribution in [2.75, 3.05) is 34.5 Å². The monoisotopic (exact) mass is 497 g/mol. The molecule has 8 nitrogen and oxygen atoms in total. The van der Waals surface area contributed by atoms with E-state index in [1.165, 1.54) is 46.7 Å². The average molecular weight is 498 g/mol. The van der Waals surface area contributed by atoms with Gasteiger partial charge in [0.15, 0.2) is 11.5 Å². The maximum atomic E-state index is 12.9. The molecule has 0 saturated heterocycles. The average Bonchev–Trinajstić information content (AvgIpc) is 2.86. The topological polar surface area (TPSA) is 94.5 Å². The first-order valence-electron chi connectivity index (χ1n) is 12.7. The molecule has 1 N–H and O–H groups in total. The van der Waals surface area contributed by atoms with Crippen LogP contribution in [0, 0.1) is 17.8 Å². The second kappa shape index (κ2) is 9.81. The lowest BCUT2D eigenvalue weighted by Gasteiger charge is -2.56. The van der Waals surface area contributed by atoms with Crippen LogP contribution in [-0.2, 0) is 23.8 Å². The van der Waals surface area contributed by atoms with Gasteiger partial charge in [-0.15, -0.1) is 0 Å². The molecule has 1 heterocycles. The molecule has 4 aliphatic carbocycles. The fourth-order valence-corrected chi connectivity index (χ4v) is 7.23. The number of esters is 2. The van der Waals surface area contributed by atoms with Gasteiger partial charge in [0.1, 0.15) is 0 Å². The number of ether oxygens (including phenoxy) is 4. The molecular formula is C28H35NO7. The largest absolute Gasteiger partial charge is 0.504 e. The second-order valence-corrected chi connectivity index (χ2v) is 10.7. The van der Waals surface area contributed by atoms with Crippen molar-refractivity contribution in [2.45, 2.75) is 50.0 Å². The van der Waals surface area contributed by atoms with Gasteiger partial charge >= 0.3 is 11.9 Å². The van der Waals surface area contributed by atoms with Crippen LogP contribution in [0.15, 0.2) is 41.7 Å². The Morgan fingerprint density at radius 1 is 0.944 bits per heavy atom. The van der Waals surface area contributed by atoms with Crippen molar-refractivity contribution in [3.05, 3.63) is 47.3 Å². The van der Waals surface area contributed by atoms with Crippen LogP contribution in [0.25, 0.3) is 0 Å². The van der Waals surface area contributed by atoms with Gasteiger partial charge in [-0.1, -0.05) is 6.07 Å². The summed E-state index contributed by atoms with van der Waals surface area (Å²) in [6, 6.07) is 4.74. The zero-order valence-electron chi connectivity index (χ0n) is 21.2. The van der Waals surface area contributed by atoms with Gasteiger partial charge in [-0.2, -0.15) is 0 Å². The molecule has 0 radical (unpaired) electrons. The highest BCUT2D eigenvalue weighted by Crippen LogP contribution is 2.57. The highest BCUT2D eigenvalue weighted by Gasteiger charge is 2.51. The normalized spacial score (nSPS) is 29.0. The SMILES string of the molecule is COC(=O)C1=CN(CCOC23CC4CC(CC(C4)C2)C3)C=C(C(=O)OC)C1c1ccc(O)c(OC)c1. The molecule has 4 saturated carbocycles. The molecule has 0 atom stereocenters. The predicted octanol–water partition coefficient (Wildman–Crippen LogP) is 3.90. The van der Waals surface area contributed by atoms with Crippen molar-refractivity contribution < 1.29 is 33.6 Å². The van der Waals surface area contributed by atoms with Crippen molar-refractivity contribution in [2.24, 2.45) is 17.8 Å². The molecule has 0 unspecified atom stereocenters. The molecule has 1 aliphatic heterocycles. The minimum Gasteiger partial charge on any atom is -0.504 e. The Morgan fingerprint density at radius 2 is 1.50 bits per heavy atom. The van der Waals surface area contributed by atoms with Gasteiger partial charge in [0.05, 0.1) is 50.6 Å². The summed E-state index contributed by atoms with van der Waals surface area (Å²) in [6.07, 6.45) is 10.9. The van der Waals surface area contributed by atoms with E-state index in [-0.39, 0.29) is 17.1 Å². The number of carbonyl (C=O) groups excluding carboxylic acids is 2. The third-order valence-corrected chi connectivity index (χ3v) is 8.35. The fourth-order valence-electron chi connectivity index (χ4n) is 7.23. The Balaban J connectivity index is 1.38. The lowest BCUT2D eigenvalue weighted by Crippen LogP contribution is -2.52. The van der Waals surface area contributed by atoms with Crippen molar-refractivity contribution in [1.82, 2.24) is 4.90 Å². The molecule has 8 heteroatoms. The van der Waals surface area contributed by atoms with Gasteiger partial charge in [-0.25, -0.2) is 9.59 Å². The van der Waals surface area contributed by atoms with Gasteiger partial charge in [0.25, 0.3) is 0 Å². The first-order valence-corrected chi connectivity index (χ1v) is 12.7. The number of benzene rings is 1. The first-order chi connectivity index (χ1) is 17.3. The molecule has 4 fully saturated rings. The number of methoxy groups -OCH3 is 3. The fraction of sp³-hybridized carbons (Fsp3) is 0.571. The molecule has 0 amide bonds. The van der Waals surface area contributed by atoms with Crippen LogP contribution >= 0.6 is 0 Å². The molecule has 0 aromatic heterocycles. The molecule has 6 rings (SSSR count). The summed E-state index contributed by atoms with van der Waals surface area (Å²) in [6.45, 7) is 0.994. The molecule has 36 heavy (non-hydrogen) atoms. The van der Waals surface area contributed by atoms with E-state index in [0.29, 0.717) is 29.9 Å². The smallest absolute Gasteiger partial charge is 0.336 e. The van der Waals surface area contributed by atoms with E-state index in [1.54, 1.807) is 24.5 Å². The van der Waals surface area contributed by atoms with Crippen LogP contribution in [0.3, 0.4) is 0 Å². The summed E-state index contributed by atoms with van der Waals surface area (Å²) < 4.78 is 22.0. The Kier molecular flexibility index (Phi) is 6.72. The zero-order valence-corrected chi connectivity index (χ0v) is 21.2. The molecule has 1 aromatic carbocycles. The lowest BCUT2D eigenvalue weighted by molar-refractivity contribution is -0.162. The number of carbonyl (C=O) groups is 2. The van der Waals surface area contributed by atoms with E-state index in [4.69, 9.17) is 18.9 Å². The summed E-state index contributed by atoms with van der Waals surface area (Å²) in [4.78, 5) is 27.6. The van der Waals surface area contributed by atoms with Crippen molar-refractivity contribution >= 4 is 11.9 Å². The summed E-state index contributed by atoms with van der Waals surface area (Å²) in [5.74, 6) is 0.768. The van der Waals surface area contributed by atoms with Crippen LogP contribution in [0.4, 0.5) is 0 Å². The minimum absolute atomic E-state index is 0.0144. The second-order valence-electron chi connectivity index (χ2n) is 10.7. The molecule has 194 valence electrons. The minimum atomic E-state index is -0.736. The number of aromatic hydroxyl groups is 1. The Labute approximate surface area is 211 Å². The quantitative estimate of drug-likeness (QED) is 0.541. The predicted molar refractivity (Wildman–Crippen MR) is 131 cm³/mol. The van der Waals surface area contributed by atoms with E-state index < -0.39 is 17.9 Å². The van der Waals surface area contributed by atoms with Gasteiger partial charge in [0.2, 0.25) is 0 Å². The Morgan fingerprint density at radius 3 is 2.00 bits per heavy atom. The number of phenols is 1. The van der Waals surface area contributed by atoms with E-state index in [0.717, 1.165) is 37.0 Å². The van der Waals surface area contributed by atoms with Crippen molar-refractivity contribution in [3.8, 4) is 11.5 Å². The maximum Gasteiger partial charge on any atom is 0.336 e. The van der Waals surface area contributed by atoms with Crippen molar-refractivity contribution in [1.29, 1.82) is 0 Å². The van der Waals surface area contributed by atoms with Crippen LogP contribution in [0.2, 0.25) is 0 Å². The molecule has 0 spiro atoms. The Bertz CT molecular complexity index is 1020. The van der Waals surface area contributed by atoms with Crippen LogP contribution in [-0.4, -0.2) is 62.0 Å². The van der Waals surface area contributed by atoms with Gasteiger partial charge in [-0.3, -0.25) is 0 Å². The Hall–Kier alpha value is -3.00. The summed E-state index contributed by atoms with van der Waals surface area (Å²) in [7, 11) is 4.07. The van der Waals surface area contributed by atoms with Crippen LogP contribution in [0.5, 0.6) is 11.5 Å². The summed E-state index contributed by atoms with van der Waals surface area (Å²) in [5, 5.41) is 10.0. The highest BCUT2D eigenvalue weighted by molar-refractivity contribution is 5.98. The highest BCUT2D eigenvalue weighted by atomic mass is 16.5. The van der Waals surface area contributed by atoms with Gasteiger partial charge < -0.3 is 29.0 Å². The van der Waals surface area contributed by atoms with E-state index >= 15 is 0 Å². The molecule has 4 bridgehead atoms. The number of rotatable bonds is 8. The van der Waals surface area contributed by atoms with Crippen LogP contribution < -0.4 is 4.74 Å². The molecule has 5 aliphatic rings. The lowest BCUT2D eigenvalue weighted by atomic mass is 9.54. The van der Waals surface area contributed by atoms with Gasteiger partial charge in [-0.05, 0) is 74.0 Å². The van der Waals surface area contributed by atoms with E-state index in [1.807, 2.05) is 4.90 Å². The number of hydrogen-bond acceptors (Lipinski definition) is 8. The third-order valence-electron chi connectivity index (χ3n) is 8.35.